The molecule has 0 heterocycles. The van der Waals surface area contributed by atoms with Gasteiger partial charge < -0.3 is 5.32 Å². The first kappa shape index (κ1) is 21.0. The third kappa shape index (κ3) is 5.40. The van der Waals surface area contributed by atoms with E-state index in [1.54, 1.807) is 43.0 Å². The molecule has 0 saturated carbocycles. The topological polar surface area (TPSA) is 66.5 Å². The molecule has 3 aromatic carbocycles. The predicted octanol–water partition coefficient (Wildman–Crippen LogP) is 4.88. The average Bonchev–Trinajstić information content (AvgIpc) is 2.70. The molecule has 0 bridgehead atoms. The molecule has 5 nitrogen and oxygen atoms in total. The maximum Gasteiger partial charge on any atom is 0.255 e. The van der Waals surface area contributed by atoms with Gasteiger partial charge in [0.25, 0.3) is 5.91 Å². The Balaban J connectivity index is 1.77. The molecule has 7 heteroatoms. The lowest BCUT2D eigenvalue weighted by molar-refractivity contribution is 0.102. The van der Waals surface area contributed by atoms with Gasteiger partial charge in [0.15, 0.2) is 0 Å². The van der Waals surface area contributed by atoms with Crippen LogP contribution in [0.4, 0.5) is 11.4 Å². The summed E-state index contributed by atoms with van der Waals surface area (Å²) in [6.45, 7) is 2.09. The Kier molecular flexibility index (Phi) is 6.61. The van der Waals surface area contributed by atoms with Crippen molar-refractivity contribution in [2.24, 2.45) is 0 Å². The van der Waals surface area contributed by atoms with Crippen LogP contribution in [0.5, 0.6) is 0 Å². The largest absolute Gasteiger partial charge is 0.321 e. The first-order valence-electron chi connectivity index (χ1n) is 9.09. The summed E-state index contributed by atoms with van der Waals surface area (Å²) in [5, 5.41) is 2.95. The van der Waals surface area contributed by atoms with E-state index < -0.39 is 10.0 Å². The van der Waals surface area contributed by atoms with Crippen molar-refractivity contribution in [2.45, 2.75) is 16.7 Å². The van der Waals surface area contributed by atoms with Crippen LogP contribution >= 0.6 is 11.8 Å². The van der Waals surface area contributed by atoms with Crippen LogP contribution in [-0.4, -0.2) is 27.1 Å². The number of benzene rings is 3. The Bertz CT molecular complexity index is 1080. The maximum atomic E-state index is 12.7. The number of carbonyl (C=O) groups excluding carboxylic acids is 1. The van der Waals surface area contributed by atoms with Crippen LogP contribution in [0.25, 0.3) is 0 Å². The van der Waals surface area contributed by atoms with Gasteiger partial charge >= 0.3 is 0 Å². The van der Waals surface area contributed by atoms with Crippen LogP contribution in [-0.2, 0) is 10.0 Å². The summed E-state index contributed by atoms with van der Waals surface area (Å²) in [5.41, 5.74) is 1.71. The fourth-order valence-electron chi connectivity index (χ4n) is 2.86. The fourth-order valence-corrected chi connectivity index (χ4v) is 4.75. The van der Waals surface area contributed by atoms with Gasteiger partial charge in [0.2, 0.25) is 10.0 Å². The van der Waals surface area contributed by atoms with Crippen molar-refractivity contribution < 1.29 is 13.2 Å². The number of amides is 1. The normalized spacial score (nSPS) is 11.1. The molecule has 3 rings (SSSR count). The number of rotatable bonds is 7. The molecule has 1 amide bonds. The highest BCUT2D eigenvalue weighted by atomic mass is 32.2. The van der Waals surface area contributed by atoms with Crippen molar-refractivity contribution in [3.05, 3.63) is 84.4 Å². The quantitative estimate of drug-likeness (QED) is 0.585. The number of carbonyl (C=O) groups is 1. The summed E-state index contributed by atoms with van der Waals surface area (Å²) in [7, 11) is -3.36. The van der Waals surface area contributed by atoms with Gasteiger partial charge in [-0.1, -0.05) is 42.1 Å². The van der Waals surface area contributed by atoms with Crippen LogP contribution in [0.3, 0.4) is 0 Å². The van der Waals surface area contributed by atoms with Crippen LogP contribution in [0, 0.1) is 0 Å². The molecule has 0 aliphatic carbocycles. The van der Waals surface area contributed by atoms with E-state index in [1.165, 1.54) is 10.6 Å². The van der Waals surface area contributed by atoms with Gasteiger partial charge in [-0.15, -0.1) is 0 Å². The Hall–Kier alpha value is -2.77. The summed E-state index contributed by atoms with van der Waals surface area (Å²) in [6.07, 6.45) is 1.17. The van der Waals surface area contributed by atoms with Crippen molar-refractivity contribution in [3.63, 3.8) is 0 Å². The summed E-state index contributed by atoms with van der Waals surface area (Å²) in [4.78, 5) is 14.7. The lowest BCUT2D eigenvalue weighted by Crippen LogP contribution is -2.29. The number of nitrogens with one attached hydrogen (secondary N) is 1. The predicted molar refractivity (Wildman–Crippen MR) is 119 cm³/mol. The highest BCUT2D eigenvalue weighted by Gasteiger charge is 2.16. The first-order valence-corrected chi connectivity index (χ1v) is 11.8. The van der Waals surface area contributed by atoms with E-state index in [9.17, 15) is 13.2 Å². The molecular formula is C22H22N2O3S2. The van der Waals surface area contributed by atoms with Gasteiger partial charge in [-0.2, -0.15) is 0 Å². The molecule has 0 fully saturated rings. The first-order chi connectivity index (χ1) is 13.9. The van der Waals surface area contributed by atoms with Crippen molar-refractivity contribution in [2.75, 3.05) is 22.4 Å². The zero-order chi connectivity index (χ0) is 20.9. The minimum atomic E-state index is -3.36. The van der Waals surface area contributed by atoms with E-state index in [4.69, 9.17) is 0 Å². The van der Waals surface area contributed by atoms with E-state index in [0.717, 1.165) is 15.5 Å². The van der Waals surface area contributed by atoms with Crippen LogP contribution < -0.4 is 9.62 Å². The van der Waals surface area contributed by atoms with E-state index in [2.05, 4.69) is 5.32 Å². The maximum absolute atomic E-state index is 12.7. The summed E-state index contributed by atoms with van der Waals surface area (Å²) >= 11 is 1.58. The van der Waals surface area contributed by atoms with Gasteiger partial charge in [0, 0.05) is 21.9 Å². The van der Waals surface area contributed by atoms with Gasteiger partial charge in [-0.3, -0.25) is 9.10 Å². The molecule has 150 valence electrons. The third-order valence-corrected chi connectivity index (χ3v) is 6.56. The molecule has 0 atom stereocenters. The Morgan fingerprint density at radius 1 is 0.931 bits per heavy atom. The second-order valence-corrected chi connectivity index (χ2v) is 9.36. The van der Waals surface area contributed by atoms with Crippen molar-refractivity contribution in [3.8, 4) is 0 Å². The monoisotopic (exact) mass is 426 g/mol. The van der Waals surface area contributed by atoms with E-state index in [-0.39, 0.29) is 5.91 Å². The molecule has 0 saturated heterocycles. The summed E-state index contributed by atoms with van der Waals surface area (Å²) in [6, 6.07) is 24.1. The Morgan fingerprint density at radius 2 is 1.55 bits per heavy atom. The van der Waals surface area contributed by atoms with Gasteiger partial charge in [0.1, 0.15) is 0 Å². The molecule has 0 aliphatic heterocycles. The second kappa shape index (κ2) is 9.15. The minimum Gasteiger partial charge on any atom is -0.321 e. The molecule has 0 aromatic heterocycles. The lowest BCUT2D eigenvalue weighted by Gasteiger charge is -2.20. The van der Waals surface area contributed by atoms with E-state index in [1.807, 2.05) is 54.6 Å². The Labute approximate surface area is 175 Å². The highest BCUT2D eigenvalue weighted by molar-refractivity contribution is 7.99. The van der Waals surface area contributed by atoms with Crippen LogP contribution in [0.15, 0.2) is 88.7 Å². The highest BCUT2D eigenvalue weighted by Crippen LogP contribution is 2.33. The number of sulfonamides is 1. The Morgan fingerprint density at radius 3 is 2.17 bits per heavy atom. The number of hydrogen-bond donors (Lipinski definition) is 1. The number of anilines is 2. The van der Waals surface area contributed by atoms with Crippen molar-refractivity contribution >= 4 is 39.1 Å². The standard InChI is InChI=1S/C22H22N2O3S2/c1-3-24(29(2,26)27)18-15-13-17(14-16-18)22(25)23-20-11-7-8-12-21(20)28-19-9-5-4-6-10-19/h4-16H,3H2,1-2H3,(H,23,25). The van der Waals surface area contributed by atoms with Crippen molar-refractivity contribution in [1.29, 1.82) is 0 Å². The fraction of sp³-hybridized carbons (Fsp3) is 0.136. The van der Waals surface area contributed by atoms with Gasteiger partial charge in [-0.25, -0.2) is 8.42 Å². The molecule has 3 aromatic rings. The molecule has 0 aliphatic rings. The smallest absolute Gasteiger partial charge is 0.255 e. The summed E-state index contributed by atoms with van der Waals surface area (Å²) in [5.74, 6) is -0.250. The van der Waals surface area contributed by atoms with Crippen LogP contribution in [0.2, 0.25) is 0 Å². The van der Waals surface area contributed by atoms with Gasteiger partial charge in [0.05, 0.1) is 17.6 Å². The molecule has 0 radical (unpaired) electrons. The molecular weight excluding hydrogens is 404 g/mol. The molecule has 0 spiro atoms. The molecule has 1 N–H and O–H groups in total. The number of para-hydroxylation sites is 1. The van der Waals surface area contributed by atoms with Gasteiger partial charge in [-0.05, 0) is 55.5 Å². The zero-order valence-electron chi connectivity index (χ0n) is 16.2. The third-order valence-electron chi connectivity index (χ3n) is 4.21. The van der Waals surface area contributed by atoms with E-state index >= 15 is 0 Å². The lowest BCUT2D eigenvalue weighted by atomic mass is 10.2. The zero-order valence-corrected chi connectivity index (χ0v) is 17.8. The minimum absolute atomic E-state index is 0.250. The average molecular weight is 427 g/mol. The van der Waals surface area contributed by atoms with Crippen LogP contribution in [0.1, 0.15) is 17.3 Å². The number of hydrogen-bond acceptors (Lipinski definition) is 4. The van der Waals surface area contributed by atoms with E-state index in [0.29, 0.717) is 17.8 Å². The summed E-state index contributed by atoms with van der Waals surface area (Å²) < 4.78 is 25.0. The SMILES string of the molecule is CCN(c1ccc(C(=O)Nc2ccccc2Sc2ccccc2)cc1)S(C)(=O)=O. The number of nitrogens with zero attached hydrogens (tertiary/aromatic N) is 1. The second-order valence-electron chi connectivity index (χ2n) is 6.34. The molecule has 0 unspecified atom stereocenters. The molecule has 29 heavy (non-hydrogen) atoms. The van der Waals surface area contributed by atoms with Crippen molar-refractivity contribution in [1.82, 2.24) is 0 Å².